The van der Waals surface area contributed by atoms with Gasteiger partial charge in [0.1, 0.15) is 0 Å². The van der Waals surface area contributed by atoms with E-state index in [-0.39, 0.29) is 0 Å². The minimum atomic E-state index is -3.40. The molecule has 0 aliphatic heterocycles. The third kappa shape index (κ3) is 5.30. The van der Waals surface area contributed by atoms with Crippen LogP contribution in [0.1, 0.15) is 5.56 Å². The molecule has 1 aromatic rings. The maximum atomic E-state index is 11.1. The molecule has 18 heavy (non-hydrogen) atoms. The lowest BCUT2D eigenvalue weighted by Gasteiger charge is -2.03. The van der Waals surface area contributed by atoms with E-state index < -0.39 is 20.0 Å². The second kappa shape index (κ2) is 5.51. The molecule has 8 heteroatoms. The van der Waals surface area contributed by atoms with Gasteiger partial charge in [0.15, 0.2) is 0 Å². The Balaban J connectivity index is 2.85. The van der Waals surface area contributed by atoms with E-state index in [2.05, 4.69) is 9.44 Å². The van der Waals surface area contributed by atoms with Gasteiger partial charge in [-0.25, -0.2) is 21.6 Å². The van der Waals surface area contributed by atoms with Crippen LogP contribution in [0.5, 0.6) is 0 Å². The van der Waals surface area contributed by atoms with Crippen LogP contribution in [0.15, 0.2) is 29.7 Å². The van der Waals surface area contributed by atoms with Crippen LogP contribution in [0.3, 0.4) is 0 Å². The lowest BCUT2D eigenvalue weighted by Crippen LogP contribution is -2.14. The molecule has 0 aliphatic carbocycles. The monoisotopic (exact) mass is 290 g/mol. The molecule has 0 atom stereocenters. The van der Waals surface area contributed by atoms with E-state index in [1.807, 2.05) is 0 Å². The topological polar surface area (TPSA) is 92.3 Å². The summed E-state index contributed by atoms with van der Waals surface area (Å²) in [7, 11) is -5.38. The first kappa shape index (κ1) is 14.7. The molecule has 0 radical (unpaired) electrons. The average molecular weight is 290 g/mol. The van der Waals surface area contributed by atoms with Gasteiger partial charge in [0, 0.05) is 11.1 Å². The fraction of sp³-hybridized carbons (Fsp3) is 0.200. The molecule has 0 fully saturated rings. The number of nitrogens with one attached hydrogen (secondary N) is 2. The van der Waals surface area contributed by atoms with Gasteiger partial charge in [-0.3, -0.25) is 4.72 Å². The Morgan fingerprint density at radius 1 is 1.06 bits per heavy atom. The van der Waals surface area contributed by atoms with Crippen LogP contribution >= 0.6 is 0 Å². The van der Waals surface area contributed by atoms with Crippen LogP contribution in [0.4, 0.5) is 5.69 Å². The molecule has 0 amide bonds. The van der Waals surface area contributed by atoms with Crippen LogP contribution in [0, 0.1) is 0 Å². The molecule has 0 saturated carbocycles. The minimum Gasteiger partial charge on any atom is -0.284 e. The number of rotatable bonds is 5. The Morgan fingerprint density at radius 2 is 1.61 bits per heavy atom. The highest BCUT2D eigenvalue weighted by Gasteiger charge is 2.02. The van der Waals surface area contributed by atoms with Crippen molar-refractivity contribution in [1.82, 2.24) is 4.72 Å². The quantitative estimate of drug-likeness (QED) is 0.829. The van der Waals surface area contributed by atoms with Gasteiger partial charge in [-0.2, -0.15) is 0 Å². The maximum absolute atomic E-state index is 11.1. The van der Waals surface area contributed by atoms with Crippen molar-refractivity contribution in [2.24, 2.45) is 0 Å². The van der Waals surface area contributed by atoms with E-state index in [9.17, 15) is 16.8 Å². The third-order valence-corrected chi connectivity index (χ3v) is 3.61. The van der Waals surface area contributed by atoms with Gasteiger partial charge in [0.2, 0.25) is 20.0 Å². The van der Waals surface area contributed by atoms with Crippen molar-refractivity contribution in [3.8, 4) is 0 Å². The standard InChI is InChI=1S/C10H14N2O4S2/c1-11-18(15,16)8-7-9-3-5-10(6-4-9)12-17(2,13)14/h3-8,11-12H,1-2H3. The van der Waals surface area contributed by atoms with E-state index in [4.69, 9.17) is 0 Å². The molecule has 100 valence electrons. The molecule has 0 heterocycles. The van der Waals surface area contributed by atoms with Gasteiger partial charge >= 0.3 is 0 Å². The molecule has 6 nitrogen and oxygen atoms in total. The van der Waals surface area contributed by atoms with E-state index in [1.165, 1.54) is 13.1 Å². The zero-order valence-electron chi connectivity index (χ0n) is 9.91. The average Bonchev–Trinajstić information content (AvgIpc) is 2.26. The van der Waals surface area contributed by atoms with Gasteiger partial charge in [-0.05, 0) is 30.8 Å². The molecule has 0 spiro atoms. The predicted molar refractivity (Wildman–Crippen MR) is 71.9 cm³/mol. The fourth-order valence-corrected chi connectivity index (χ4v) is 2.15. The van der Waals surface area contributed by atoms with Crippen molar-refractivity contribution in [2.75, 3.05) is 18.0 Å². The number of anilines is 1. The lowest BCUT2D eigenvalue weighted by atomic mass is 10.2. The Hall–Kier alpha value is -1.38. The highest BCUT2D eigenvalue weighted by molar-refractivity contribution is 7.92. The summed E-state index contributed by atoms with van der Waals surface area (Å²) >= 11 is 0. The van der Waals surface area contributed by atoms with Gasteiger partial charge < -0.3 is 0 Å². The van der Waals surface area contributed by atoms with E-state index in [0.29, 0.717) is 11.3 Å². The molecule has 1 rings (SSSR count). The van der Waals surface area contributed by atoms with Gasteiger partial charge in [-0.15, -0.1) is 0 Å². The van der Waals surface area contributed by atoms with E-state index >= 15 is 0 Å². The van der Waals surface area contributed by atoms with Gasteiger partial charge in [0.25, 0.3) is 0 Å². The summed E-state index contributed by atoms with van der Waals surface area (Å²) in [5.74, 6) is 0. The minimum absolute atomic E-state index is 0.422. The van der Waals surface area contributed by atoms with Crippen molar-refractivity contribution < 1.29 is 16.8 Å². The number of sulfonamides is 2. The largest absolute Gasteiger partial charge is 0.284 e. The molecular formula is C10H14N2O4S2. The molecule has 1 aromatic carbocycles. The normalized spacial score (nSPS) is 12.8. The summed E-state index contributed by atoms with van der Waals surface area (Å²) in [5, 5.41) is 1.03. The first-order valence-electron chi connectivity index (χ1n) is 4.91. The van der Waals surface area contributed by atoms with Gasteiger partial charge in [-0.1, -0.05) is 12.1 Å². The SMILES string of the molecule is CNS(=O)(=O)C=Cc1ccc(NS(C)(=O)=O)cc1. The number of hydrogen-bond donors (Lipinski definition) is 2. The van der Waals surface area contributed by atoms with Gasteiger partial charge in [0.05, 0.1) is 6.26 Å². The molecule has 0 aliphatic rings. The fourth-order valence-electron chi connectivity index (χ4n) is 1.11. The van der Waals surface area contributed by atoms with Crippen molar-refractivity contribution in [2.45, 2.75) is 0 Å². The van der Waals surface area contributed by atoms with E-state index in [0.717, 1.165) is 11.7 Å². The number of hydrogen-bond acceptors (Lipinski definition) is 4. The summed E-state index contributed by atoms with van der Waals surface area (Å²) in [6.45, 7) is 0. The maximum Gasteiger partial charge on any atom is 0.233 e. The highest BCUT2D eigenvalue weighted by atomic mass is 32.2. The predicted octanol–water partition coefficient (Wildman–Crippen LogP) is 0.578. The zero-order chi connectivity index (χ0) is 13.8. The molecule has 0 unspecified atom stereocenters. The Bertz CT molecular complexity index is 631. The van der Waals surface area contributed by atoms with Crippen molar-refractivity contribution in [1.29, 1.82) is 0 Å². The number of benzene rings is 1. The summed E-state index contributed by atoms with van der Waals surface area (Å²) in [4.78, 5) is 0. The summed E-state index contributed by atoms with van der Waals surface area (Å²) in [6, 6.07) is 6.31. The second-order valence-corrected chi connectivity index (χ2v) is 7.07. The molecular weight excluding hydrogens is 276 g/mol. The Kier molecular flexibility index (Phi) is 4.49. The molecule has 0 bridgehead atoms. The molecule has 2 N–H and O–H groups in total. The van der Waals surface area contributed by atoms with Crippen molar-refractivity contribution in [3.05, 3.63) is 35.2 Å². The Morgan fingerprint density at radius 3 is 2.06 bits per heavy atom. The van der Waals surface area contributed by atoms with Crippen LogP contribution in [0.2, 0.25) is 0 Å². The summed E-state index contributed by atoms with van der Waals surface area (Å²) in [5.41, 5.74) is 1.07. The van der Waals surface area contributed by atoms with Crippen LogP contribution in [-0.4, -0.2) is 30.1 Å². The highest BCUT2D eigenvalue weighted by Crippen LogP contribution is 2.12. The van der Waals surface area contributed by atoms with Crippen LogP contribution in [-0.2, 0) is 20.0 Å². The van der Waals surface area contributed by atoms with Crippen molar-refractivity contribution in [3.63, 3.8) is 0 Å². The molecule has 0 aromatic heterocycles. The molecule has 0 saturated heterocycles. The third-order valence-electron chi connectivity index (χ3n) is 1.94. The first-order chi connectivity index (χ1) is 8.22. The van der Waals surface area contributed by atoms with E-state index in [1.54, 1.807) is 24.3 Å². The first-order valence-corrected chi connectivity index (χ1v) is 8.35. The lowest BCUT2D eigenvalue weighted by molar-refractivity contribution is 0.597. The van der Waals surface area contributed by atoms with Crippen molar-refractivity contribution >= 4 is 31.8 Å². The second-order valence-electron chi connectivity index (χ2n) is 3.55. The van der Waals surface area contributed by atoms with Crippen LogP contribution in [0.25, 0.3) is 6.08 Å². The zero-order valence-corrected chi connectivity index (χ0v) is 11.5. The van der Waals surface area contributed by atoms with Crippen LogP contribution < -0.4 is 9.44 Å². The Labute approximate surface area is 107 Å². The summed E-state index contributed by atoms with van der Waals surface area (Å²) < 4.78 is 48.7. The smallest absolute Gasteiger partial charge is 0.233 e. The summed E-state index contributed by atoms with van der Waals surface area (Å²) in [6.07, 6.45) is 2.47.